The quantitative estimate of drug-likeness (QED) is 0.735. The molecule has 0 N–H and O–H groups in total. The SMILES string of the molecule is CC1CCCN(C(=O)Cn2c(=O)oc3cc(S(=O)(=O)N4CCCCCC4)ccc32)C1. The van der Waals surface area contributed by atoms with Crippen molar-refractivity contribution in [1.29, 1.82) is 0 Å². The number of aromatic nitrogens is 1. The Morgan fingerprint density at radius 2 is 1.83 bits per heavy atom. The Bertz CT molecular complexity index is 1080. The summed E-state index contributed by atoms with van der Waals surface area (Å²) in [6, 6.07) is 4.47. The van der Waals surface area contributed by atoms with Gasteiger partial charge >= 0.3 is 5.76 Å². The van der Waals surface area contributed by atoms with Gasteiger partial charge in [0.1, 0.15) is 6.54 Å². The molecular formula is C21H29N3O5S. The maximum absolute atomic E-state index is 13.0. The molecule has 2 aliphatic rings. The fraction of sp³-hybridized carbons (Fsp3) is 0.619. The highest BCUT2D eigenvalue weighted by Gasteiger charge is 2.27. The first-order valence-electron chi connectivity index (χ1n) is 10.8. The van der Waals surface area contributed by atoms with E-state index in [1.54, 1.807) is 11.0 Å². The van der Waals surface area contributed by atoms with Crippen molar-refractivity contribution in [3.63, 3.8) is 0 Å². The number of hydrogen-bond acceptors (Lipinski definition) is 5. The van der Waals surface area contributed by atoms with Gasteiger partial charge in [-0.2, -0.15) is 4.31 Å². The normalized spacial score (nSPS) is 21.6. The van der Waals surface area contributed by atoms with Crippen LogP contribution in [0.2, 0.25) is 0 Å². The van der Waals surface area contributed by atoms with Crippen LogP contribution in [0.1, 0.15) is 45.4 Å². The molecule has 0 radical (unpaired) electrons. The number of likely N-dealkylation sites (tertiary alicyclic amines) is 1. The largest absolute Gasteiger partial charge is 0.420 e. The second-order valence-corrected chi connectivity index (χ2v) is 10.4. The molecular weight excluding hydrogens is 406 g/mol. The van der Waals surface area contributed by atoms with E-state index in [2.05, 4.69) is 6.92 Å². The number of carbonyl (C=O) groups excluding carboxylic acids is 1. The van der Waals surface area contributed by atoms with Crippen LogP contribution in [0.15, 0.2) is 32.3 Å². The highest BCUT2D eigenvalue weighted by molar-refractivity contribution is 7.89. The third kappa shape index (κ3) is 4.18. The van der Waals surface area contributed by atoms with Crippen LogP contribution < -0.4 is 5.76 Å². The number of benzene rings is 1. The third-order valence-corrected chi connectivity index (χ3v) is 8.04. The summed E-state index contributed by atoms with van der Waals surface area (Å²) in [5.41, 5.74) is 0.629. The van der Waals surface area contributed by atoms with Crippen molar-refractivity contribution in [3.05, 3.63) is 28.7 Å². The summed E-state index contributed by atoms with van der Waals surface area (Å²) in [5.74, 6) is -0.312. The molecule has 1 aromatic heterocycles. The third-order valence-electron chi connectivity index (χ3n) is 6.15. The molecule has 3 heterocycles. The lowest BCUT2D eigenvalue weighted by atomic mass is 10.0. The van der Waals surface area contributed by atoms with Crippen molar-refractivity contribution in [2.45, 2.75) is 56.9 Å². The summed E-state index contributed by atoms with van der Waals surface area (Å²) in [4.78, 5) is 27.0. The van der Waals surface area contributed by atoms with Crippen molar-refractivity contribution in [3.8, 4) is 0 Å². The summed E-state index contributed by atoms with van der Waals surface area (Å²) in [5, 5.41) is 0. The number of hydrogen-bond donors (Lipinski definition) is 0. The molecule has 2 saturated heterocycles. The summed E-state index contributed by atoms with van der Waals surface area (Å²) < 4.78 is 34.2. The number of carbonyl (C=O) groups is 1. The average molecular weight is 436 g/mol. The van der Waals surface area contributed by atoms with Gasteiger partial charge in [0.15, 0.2) is 5.58 Å². The Morgan fingerprint density at radius 1 is 1.10 bits per heavy atom. The number of amides is 1. The smallest absolute Gasteiger partial charge is 0.408 e. The Balaban J connectivity index is 1.59. The van der Waals surface area contributed by atoms with Crippen LogP contribution in [-0.2, 0) is 21.4 Å². The summed E-state index contributed by atoms with van der Waals surface area (Å²) in [6.07, 6.45) is 5.84. The first-order valence-corrected chi connectivity index (χ1v) is 12.2. The van der Waals surface area contributed by atoms with Gasteiger partial charge in [-0.05, 0) is 43.7 Å². The van der Waals surface area contributed by atoms with E-state index in [4.69, 9.17) is 4.42 Å². The van der Waals surface area contributed by atoms with Gasteiger partial charge in [-0.25, -0.2) is 13.2 Å². The number of nitrogens with zero attached hydrogens (tertiary/aromatic N) is 3. The highest BCUT2D eigenvalue weighted by Crippen LogP contribution is 2.24. The van der Waals surface area contributed by atoms with Gasteiger partial charge in [-0.15, -0.1) is 0 Å². The van der Waals surface area contributed by atoms with E-state index >= 15 is 0 Å². The molecule has 0 spiro atoms. The fourth-order valence-corrected chi connectivity index (χ4v) is 5.97. The highest BCUT2D eigenvalue weighted by atomic mass is 32.2. The predicted octanol–water partition coefficient (Wildman–Crippen LogP) is 2.42. The van der Waals surface area contributed by atoms with Gasteiger partial charge in [-0.1, -0.05) is 19.8 Å². The molecule has 1 amide bonds. The molecule has 0 saturated carbocycles. The van der Waals surface area contributed by atoms with Crippen molar-refractivity contribution < 1.29 is 17.6 Å². The summed E-state index contributed by atoms with van der Waals surface area (Å²) in [7, 11) is -3.64. The molecule has 0 bridgehead atoms. The Labute approximate surface area is 176 Å². The van der Waals surface area contributed by atoms with Gasteiger partial charge in [0.05, 0.1) is 10.4 Å². The first kappa shape index (κ1) is 21.1. The van der Waals surface area contributed by atoms with E-state index in [1.165, 1.54) is 21.0 Å². The second-order valence-electron chi connectivity index (χ2n) is 8.49. The van der Waals surface area contributed by atoms with Gasteiger partial charge in [0.2, 0.25) is 15.9 Å². The predicted molar refractivity (Wildman–Crippen MR) is 113 cm³/mol. The zero-order valence-corrected chi connectivity index (χ0v) is 18.2. The molecule has 30 heavy (non-hydrogen) atoms. The maximum atomic E-state index is 13.0. The molecule has 9 heteroatoms. The van der Waals surface area contributed by atoms with Crippen LogP contribution in [-0.4, -0.2) is 54.3 Å². The molecule has 4 rings (SSSR count). The lowest BCUT2D eigenvalue weighted by Gasteiger charge is -2.30. The van der Waals surface area contributed by atoms with E-state index in [0.29, 0.717) is 37.6 Å². The van der Waals surface area contributed by atoms with Crippen LogP contribution in [0.25, 0.3) is 11.1 Å². The standard InChI is InChI=1S/C21H29N3O5S/c1-16-7-6-10-22(14-16)20(25)15-24-18-9-8-17(13-19(18)29-21(24)26)30(27,28)23-11-4-2-3-5-12-23/h8-9,13,16H,2-7,10-12,14-15H2,1H3. The Hall–Kier alpha value is -2.13. The van der Waals surface area contributed by atoms with Crippen molar-refractivity contribution in [2.75, 3.05) is 26.2 Å². The minimum absolute atomic E-state index is 0.100. The van der Waals surface area contributed by atoms with Gasteiger partial charge in [0.25, 0.3) is 0 Å². The van der Waals surface area contributed by atoms with E-state index in [0.717, 1.165) is 38.5 Å². The minimum atomic E-state index is -3.64. The van der Waals surface area contributed by atoms with E-state index in [-0.39, 0.29) is 22.9 Å². The monoisotopic (exact) mass is 435 g/mol. The fourth-order valence-electron chi connectivity index (χ4n) is 4.44. The van der Waals surface area contributed by atoms with Gasteiger partial charge in [0, 0.05) is 32.2 Å². The zero-order chi connectivity index (χ0) is 21.3. The van der Waals surface area contributed by atoms with Gasteiger partial charge < -0.3 is 9.32 Å². The van der Waals surface area contributed by atoms with Crippen molar-refractivity contribution >= 4 is 27.0 Å². The van der Waals surface area contributed by atoms with Crippen LogP contribution in [0.3, 0.4) is 0 Å². The van der Waals surface area contributed by atoms with Crippen molar-refractivity contribution in [1.82, 2.24) is 13.8 Å². The number of rotatable bonds is 4. The molecule has 0 aliphatic carbocycles. The minimum Gasteiger partial charge on any atom is -0.408 e. The molecule has 164 valence electrons. The Morgan fingerprint density at radius 3 is 2.53 bits per heavy atom. The van der Waals surface area contributed by atoms with E-state index in [9.17, 15) is 18.0 Å². The Kier molecular flexibility index (Phi) is 6.02. The average Bonchev–Trinajstić information content (AvgIpc) is 2.90. The molecule has 1 aromatic carbocycles. The van der Waals surface area contributed by atoms with E-state index in [1.807, 2.05) is 0 Å². The molecule has 2 aromatic rings. The van der Waals surface area contributed by atoms with Gasteiger partial charge in [-0.3, -0.25) is 9.36 Å². The number of sulfonamides is 1. The topological polar surface area (TPSA) is 92.8 Å². The number of oxazole rings is 1. The number of fused-ring (bicyclic) bond motifs is 1. The molecule has 2 aliphatic heterocycles. The van der Waals surface area contributed by atoms with Crippen molar-refractivity contribution in [2.24, 2.45) is 5.92 Å². The number of piperidine rings is 1. The summed E-state index contributed by atoms with van der Waals surface area (Å²) in [6.45, 7) is 4.43. The summed E-state index contributed by atoms with van der Waals surface area (Å²) >= 11 is 0. The molecule has 1 atom stereocenters. The van der Waals surface area contributed by atoms with E-state index < -0.39 is 15.8 Å². The lowest BCUT2D eigenvalue weighted by molar-refractivity contribution is -0.133. The van der Waals surface area contributed by atoms with Crippen LogP contribution in [0.4, 0.5) is 0 Å². The van der Waals surface area contributed by atoms with Crippen LogP contribution in [0, 0.1) is 5.92 Å². The zero-order valence-electron chi connectivity index (χ0n) is 17.4. The maximum Gasteiger partial charge on any atom is 0.420 e. The molecule has 2 fully saturated rings. The molecule has 1 unspecified atom stereocenters. The van der Waals surface area contributed by atoms with Crippen LogP contribution >= 0.6 is 0 Å². The lowest BCUT2D eigenvalue weighted by Crippen LogP contribution is -2.41. The molecule has 8 nitrogen and oxygen atoms in total. The van der Waals surface area contributed by atoms with Crippen LogP contribution in [0.5, 0.6) is 0 Å². The first-order chi connectivity index (χ1) is 14.4. The second kappa shape index (κ2) is 8.55.